The fourth-order valence-electron chi connectivity index (χ4n) is 3.57. The molecule has 0 saturated heterocycles. The molecule has 0 spiro atoms. The normalized spacial score (nSPS) is 12.6. The summed E-state index contributed by atoms with van der Waals surface area (Å²) < 4.78 is 17.4. The minimum absolute atomic E-state index is 0.146. The van der Waals surface area contributed by atoms with Gasteiger partial charge in [-0.1, -0.05) is 36.4 Å². The molecule has 9 heteroatoms. The van der Waals surface area contributed by atoms with Crippen molar-refractivity contribution in [3.63, 3.8) is 0 Å². The maximum Gasteiger partial charge on any atom is 0.420 e. The van der Waals surface area contributed by atoms with Crippen molar-refractivity contribution in [2.24, 2.45) is 0 Å². The van der Waals surface area contributed by atoms with Crippen LogP contribution in [0.5, 0.6) is 0 Å². The van der Waals surface area contributed by atoms with E-state index in [-0.39, 0.29) is 11.9 Å². The van der Waals surface area contributed by atoms with E-state index in [0.717, 1.165) is 5.56 Å². The molecule has 1 atom stereocenters. The molecule has 35 heavy (non-hydrogen) atoms. The molecule has 1 aromatic carbocycles. The molecular weight excluding hydrogens is 446 g/mol. The lowest BCUT2D eigenvalue weighted by atomic mass is 10.1. The van der Waals surface area contributed by atoms with Crippen molar-refractivity contribution in [2.75, 3.05) is 30.2 Å². The summed E-state index contributed by atoms with van der Waals surface area (Å²) in [4.78, 5) is 23.7. The largest absolute Gasteiger partial charge is 0.443 e. The summed E-state index contributed by atoms with van der Waals surface area (Å²) in [6, 6.07) is 16.1. The first-order valence-corrected chi connectivity index (χ1v) is 11.2. The third kappa shape index (κ3) is 5.87. The second-order valence-electron chi connectivity index (χ2n) is 8.93. The summed E-state index contributed by atoms with van der Waals surface area (Å²) in [5.41, 5.74) is 7.41. The molecule has 1 amide bonds. The van der Waals surface area contributed by atoms with Gasteiger partial charge in [0, 0.05) is 32.2 Å². The van der Waals surface area contributed by atoms with E-state index in [9.17, 15) is 4.79 Å². The number of amides is 1. The fraction of sp³-hybridized carbons (Fsp3) is 0.346. The number of rotatable bonds is 8. The van der Waals surface area contributed by atoms with Gasteiger partial charge in [0.25, 0.3) is 5.91 Å². The predicted molar refractivity (Wildman–Crippen MR) is 136 cm³/mol. The number of nitrogen functional groups attached to an aromatic ring is 1. The van der Waals surface area contributed by atoms with Gasteiger partial charge in [0.2, 0.25) is 0 Å². The van der Waals surface area contributed by atoms with Gasteiger partial charge in [-0.15, -0.1) is 0 Å². The standard InChI is InChI=1S/C26H33N5O4/c1-18(19-11-10-16-28-17-19)29-23-21(27)14-15-22(30-23)31(24(32)35-25(2,3)4)26(33-5,34-6)20-12-8-7-9-13-20/h7-18H,27H2,1-6H3,(H,29,30). The minimum Gasteiger partial charge on any atom is -0.443 e. The van der Waals surface area contributed by atoms with E-state index in [1.807, 2.05) is 37.3 Å². The molecule has 1 unspecified atom stereocenters. The van der Waals surface area contributed by atoms with E-state index in [1.165, 1.54) is 19.1 Å². The number of ether oxygens (including phenoxy) is 3. The Labute approximate surface area is 206 Å². The molecule has 0 bridgehead atoms. The van der Waals surface area contributed by atoms with Crippen LogP contribution >= 0.6 is 0 Å². The third-order valence-corrected chi connectivity index (χ3v) is 5.24. The van der Waals surface area contributed by atoms with Gasteiger partial charge < -0.3 is 25.3 Å². The zero-order valence-electron chi connectivity index (χ0n) is 21.0. The van der Waals surface area contributed by atoms with Crippen LogP contribution in [0, 0.1) is 0 Å². The molecule has 3 rings (SSSR count). The van der Waals surface area contributed by atoms with Gasteiger partial charge in [-0.3, -0.25) is 4.98 Å². The Morgan fingerprint density at radius 3 is 2.29 bits per heavy atom. The second-order valence-corrected chi connectivity index (χ2v) is 8.93. The zero-order chi connectivity index (χ0) is 25.6. The maximum atomic E-state index is 13.6. The van der Waals surface area contributed by atoms with E-state index in [0.29, 0.717) is 17.1 Å². The van der Waals surface area contributed by atoms with Crippen molar-refractivity contribution < 1.29 is 19.0 Å². The molecule has 2 heterocycles. The first kappa shape index (κ1) is 25.9. The van der Waals surface area contributed by atoms with Crippen LogP contribution in [0.3, 0.4) is 0 Å². The Bertz CT molecular complexity index is 1120. The molecule has 3 N–H and O–H groups in total. The number of aromatic nitrogens is 2. The summed E-state index contributed by atoms with van der Waals surface area (Å²) in [5, 5.41) is 3.30. The summed E-state index contributed by atoms with van der Waals surface area (Å²) in [7, 11) is 2.91. The molecule has 3 aromatic rings. The topological polar surface area (TPSA) is 112 Å². The summed E-state index contributed by atoms with van der Waals surface area (Å²) in [5.74, 6) is -1.04. The first-order valence-electron chi connectivity index (χ1n) is 11.2. The van der Waals surface area contributed by atoms with Crippen LogP contribution in [0.1, 0.15) is 44.9 Å². The van der Waals surface area contributed by atoms with Crippen LogP contribution in [0.2, 0.25) is 0 Å². The number of nitrogens with one attached hydrogen (secondary N) is 1. The first-order chi connectivity index (χ1) is 16.6. The Balaban J connectivity index is 2.11. The highest BCUT2D eigenvalue weighted by Gasteiger charge is 2.46. The number of methoxy groups -OCH3 is 2. The Morgan fingerprint density at radius 2 is 1.71 bits per heavy atom. The van der Waals surface area contributed by atoms with E-state index < -0.39 is 17.6 Å². The lowest BCUT2D eigenvalue weighted by molar-refractivity contribution is -0.212. The smallest absolute Gasteiger partial charge is 0.420 e. The van der Waals surface area contributed by atoms with Gasteiger partial charge >= 0.3 is 6.09 Å². The van der Waals surface area contributed by atoms with Crippen LogP contribution in [-0.2, 0) is 20.1 Å². The van der Waals surface area contributed by atoms with Crippen molar-refractivity contribution in [3.05, 3.63) is 78.1 Å². The van der Waals surface area contributed by atoms with Gasteiger partial charge in [0.1, 0.15) is 11.4 Å². The van der Waals surface area contributed by atoms with Crippen molar-refractivity contribution in [3.8, 4) is 0 Å². The van der Waals surface area contributed by atoms with Crippen LogP contribution < -0.4 is 16.0 Å². The molecule has 0 fully saturated rings. The molecule has 0 saturated carbocycles. The van der Waals surface area contributed by atoms with Crippen LogP contribution in [0.4, 0.5) is 22.1 Å². The fourth-order valence-corrected chi connectivity index (χ4v) is 3.57. The maximum absolute atomic E-state index is 13.6. The average molecular weight is 480 g/mol. The van der Waals surface area contributed by atoms with Crippen molar-refractivity contribution in [1.29, 1.82) is 0 Å². The highest BCUT2D eigenvalue weighted by molar-refractivity contribution is 5.89. The van der Waals surface area contributed by atoms with Crippen LogP contribution in [-0.4, -0.2) is 35.9 Å². The lowest BCUT2D eigenvalue weighted by Crippen LogP contribution is -2.54. The monoisotopic (exact) mass is 479 g/mol. The van der Waals surface area contributed by atoms with Gasteiger partial charge in [-0.25, -0.2) is 14.7 Å². The second kappa shape index (κ2) is 10.7. The minimum atomic E-state index is -1.65. The van der Waals surface area contributed by atoms with Gasteiger partial charge in [0.15, 0.2) is 5.82 Å². The molecule has 0 aliphatic carbocycles. The molecule has 0 aliphatic heterocycles. The van der Waals surface area contributed by atoms with Crippen molar-refractivity contribution in [1.82, 2.24) is 9.97 Å². The highest BCUT2D eigenvalue weighted by atomic mass is 16.7. The summed E-state index contributed by atoms with van der Waals surface area (Å²) in [6.45, 7) is 7.32. The highest BCUT2D eigenvalue weighted by Crippen LogP contribution is 2.37. The predicted octanol–water partition coefficient (Wildman–Crippen LogP) is 5.08. The number of anilines is 3. The lowest BCUT2D eigenvalue weighted by Gasteiger charge is -2.40. The zero-order valence-corrected chi connectivity index (χ0v) is 21.0. The number of benzene rings is 1. The quantitative estimate of drug-likeness (QED) is 0.430. The molecule has 9 nitrogen and oxygen atoms in total. The van der Waals surface area contributed by atoms with Crippen molar-refractivity contribution >= 4 is 23.4 Å². The molecule has 0 aliphatic rings. The number of nitrogens with two attached hydrogens (primary N) is 1. The van der Waals surface area contributed by atoms with Crippen LogP contribution in [0.15, 0.2) is 67.0 Å². The third-order valence-electron chi connectivity index (χ3n) is 5.24. The SMILES string of the molecule is COC(OC)(c1ccccc1)N(C(=O)OC(C)(C)C)c1ccc(N)c(NC(C)c2cccnc2)n1. The Hall–Kier alpha value is -3.69. The van der Waals surface area contributed by atoms with Crippen molar-refractivity contribution in [2.45, 2.75) is 45.2 Å². The van der Waals surface area contributed by atoms with E-state index in [4.69, 9.17) is 19.9 Å². The Morgan fingerprint density at radius 1 is 1.03 bits per heavy atom. The van der Waals surface area contributed by atoms with E-state index in [2.05, 4.69) is 15.3 Å². The summed E-state index contributed by atoms with van der Waals surface area (Å²) >= 11 is 0. The number of nitrogens with zero attached hydrogens (tertiary/aromatic N) is 3. The number of hydrogen-bond acceptors (Lipinski definition) is 8. The molecular formula is C26H33N5O4. The van der Waals surface area contributed by atoms with Gasteiger partial charge in [-0.05, 0) is 51.5 Å². The number of carbonyl (C=O) groups excluding carboxylic acids is 1. The van der Waals surface area contributed by atoms with Crippen LogP contribution in [0.25, 0.3) is 0 Å². The van der Waals surface area contributed by atoms with Gasteiger partial charge in [-0.2, -0.15) is 0 Å². The van der Waals surface area contributed by atoms with E-state index >= 15 is 0 Å². The summed E-state index contributed by atoms with van der Waals surface area (Å²) in [6.07, 6.45) is 2.77. The average Bonchev–Trinajstić information content (AvgIpc) is 2.84. The van der Waals surface area contributed by atoms with E-state index in [1.54, 1.807) is 57.4 Å². The number of carbonyl (C=O) groups is 1. The van der Waals surface area contributed by atoms with Gasteiger partial charge in [0.05, 0.1) is 11.7 Å². The molecule has 0 radical (unpaired) electrons. The Kier molecular flexibility index (Phi) is 7.93. The number of pyridine rings is 2. The molecule has 2 aromatic heterocycles. The number of hydrogen-bond donors (Lipinski definition) is 2. The molecule has 186 valence electrons.